The Kier molecular flexibility index (Phi) is 3.02. The maximum atomic E-state index is 12.1. The topological polar surface area (TPSA) is 59.3 Å². The highest BCUT2D eigenvalue weighted by atomic mass is 32.1. The van der Waals surface area contributed by atoms with E-state index < -0.39 is 0 Å². The molecule has 0 fully saturated rings. The number of hydrogen-bond acceptors (Lipinski definition) is 4. The van der Waals surface area contributed by atoms with Crippen LogP contribution in [0.5, 0.6) is 0 Å². The summed E-state index contributed by atoms with van der Waals surface area (Å²) in [6.07, 6.45) is 0. The Hall–Kier alpha value is -2.21. The summed E-state index contributed by atoms with van der Waals surface area (Å²) in [4.78, 5) is 18.4. The molecule has 3 rings (SSSR count). The lowest BCUT2D eigenvalue weighted by Crippen LogP contribution is -2.13. The fraction of sp³-hybridized carbons (Fsp3) is 0.214. The molecule has 0 saturated carbocycles. The molecule has 0 aliphatic rings. The standard InChI is InChI=1S/C14H14N4OS/c1-8-5-4-6-11(7-8)12(19)15-13-16-14-18(17-13)9(2)10(3)20-14/h4-7H,1-3H3,(H,15,17,19). The fourth-order valence-electron chi connectivity index (χ4n) is 1.96. The van der Waals surface area contributed by atoms with Crippen molar-refractivity contribution in [3.8, 4) is 0 Å². The van der Waals surface area contributed by atoms with E-state index in [1.807, 2.05) is 39.0 Å². The highest BCUT2D eigenvalue weighted by Gasteiger charge is 2.13. The number of carbonyl (C=O) groups excluding carboxylic acids is 1. The van der Waals surface area contributed by atoms with Gasteiger partial charge < -0.3 is 0 Å². The van der Waals surface area contributed by atoms with E-state index in [0.29, 0.717) is 11.5 Å². The van der Waals surface area contributed by atoms with Crippen LogP contribution in [0.4, 0.5) is 5.95 Å². The van der Waals surface area contributed by atoms with Gasteiger partial charge in [-0.3, -0.25) is 10.1 Å². The Morgan fingerprint density at radius 2 is 2.10 bits per heavy atom. The van der Waals surface area contributed by atoms with Gasteiger partial charge in [-0.1, -0.05) is 29.0 Å². The predicted molar refractivity (Wildman–Crippen MR) is 79.5 cm³/mol. The van der Waals surface area contributed by atoms with Crippen LogP contribution in [0.1, 0.15) is 26.5 Å². The molecule has 1 aromatic carbocycles. The molecule has 102 valence electrons. The normalized spacial score (nSPS) is 10.9. The predicted octanol–water partition coefficient (Wildman–Crippen LogP) is 2.97. The molecular weight excluding hydrogens is 272 g/mol. The van der Waals surface area contributed by atoms with Crippen molar-refractivity contribution >= 4 is 28.2 Å². The van der Waals surface area contributed by atoms with Crippen LogP contribution in [0.25, 0.3) is 4.96 Å². The summed E-state index contributed by atoms with van der Waals surface area (Å²) in [5.74, 6) is 0.146. The molecule has 0 radical (unpaired) electrons. The first-order valence-electron chi connectivity index (χ1n) is 6.25. The summed E-state index contributed by atoms with van der Waals surface area (Å²) in [5.41, 5.74) is 2.70. The highest BCUT2D eigenvalue weighted by Crippen LogP contribution is 2.21. The molecule has 0 aliphatic carbocycles. The summed E-state index contributed by atoms with van der Waals surface area (Å²) in [5, 5.41) is 7.04. The average molecular weight is 286 g/mol. The maximum Gasteiger partial charge on any atom is 0.258 e. The molecule has 0 spiro atoms. The summed E-state index contributed by atoms with van der Waals surface area (Å²) in [6.45, 7) is 5.97. The summed E-state index contributed by atoms with van der Waals surface area (Å²) >= 11 is 1.56. The van der Waals surface area contributed by atoms with E-state index in [-0.39, 0.29) is 5.91 Å². The molecule has 3 aromatic rings. The van der Waals surface area contributed by atoms with Crippen molar-refractivity contribution in [2.45, 2.75) is 20.8 Å². The number of thiazole rings is 1. The Morgan fingerprint density at radius 3 is 2.80 bits per heavy atom. The van der Waals surface area contributed by atoms with Crippen LogP contribution < -0.4 is 5.32 Å². The molecule has 1 N–H and O–H groups in total. The summed E-state index contributed by atoms with van der Waals surface area (Å²) in [6, 6.07) is 7.42. The third kappa shape index (κ3) is 2.18. The van der Waals surface area contributed by atoms with Crippen LogP contribution in [0.2, 0.25) is 0 Å². The summed E-state index contributed by atoms with van der Waals surface area (Å²) in [7, 11) is 0. The van der Waals surface area contributed by atoms with Crippen molar-refractivity contribution in [2.75, 3.05) is 5.32 Å². The second kappa shape index (κ2) is 4.72. The zero-order valence-corrected chi connectivity index (χ0v) is 12.3. The first-order chi connectivity index (χ1) is 9.54. The lowest BCUT2D eigenvalue weighted by molar-refractivity contribution is 0.102. The van der Waals surface area contributed by atoms with Gasteiger partial charge in [0.05, 0.1) is 5.69 Å². The Labute approximate surface area is 120 Å². The van der Waals surface area contributed by atoms with Gasteiger partial charge in [-0.05, 0) is 32.9 Å². The van der Waals surface area contributed by atoms with E-state index >= 15 is 0 Å². The van der Waals surface area contributed by atoms with Crippen LogP contribution in [0.15, 0.2) is 24.3 Å². The Morgan fingerprint density at radius 1 is 1.30 bits per heavy atom. The van der Waals surface area contributed by atoms with Crippen molar-refractivity contribution in [3.63, 3.8) is 0 Å². The largest absolute Gasteiger partial charge is 0.289 e. The minimum atomic E-state index is -0.193. The number of carbonyl (C=O) groups is 1. The van der Waals surface area contributed by atoms with Gasteiger partial charge in [-0.2, -0.15) is 4.98 Å². The Bertz CT molecular complexity index is 803. The molecule has 5 nitrogen and oxygen atoms in total. The van der Waals surface area contributed by atoms with Crippen molar-refractivity contribution in [2.24, 2.45) is 0 Å². The zero-order chi connectivity index (χ0) is 14.3. The first-order valence-corrected chi connectivity index (χ1v) is 7.07. The van der Waals surface area contributed by atoms with Crippen molar-refractivity contribution in [1.29, 1.82) is 0 Å². The fourth-order valence-corrected chi connectivity index (χ4v) is 2.86. The van der Waals surface area contributed by atoms with Gasteiger partial charge in [-0.25, -0.2) is 4.52 Å². The maximum absolute atomic E-state index is 12.1. The zero-order valence-electron chi connectivity index (χ0n) is 11.5. The van der Waals surface area contributed by atoms with Crippen LogP contribution in [0, 0.1) is 20.8 Å². The molecule has 0 saturated heterocycles. The van der Waals surface area contributed by atoms with Crippen molar-refractivity contribution in [3.05, 3.63) is 46.0 Å². The third-order valence-corrected chi connectivity index (χ3v) is 4.20. The van der Waals surface area contributed by atoms with E-state index in [0.717, 1.165) is 16.2 Å². The molecule has 2 heterocycles. The molecule has 0 unspecified atom stereocenters. The number of nitrogens with zero attached hydrogens (tertiary/aromatic N) is 3. The van der Waals surface area contributed by atoms with Crippen LogP contribution in [0.3, 0.4) is 0 Å². The lowest BCUT2D eigenvalue weighted by Gasteiger charge is -2.01. The van der Waals surface area contributed by atoms with E-state index in [1.54, 1.807) is 21.9 Å². The number of hydrogen-bond donors (Lipinski definition) is 1. The van der Waals surface area contributed by atoms with Gasteiger partial charge in [0.1, 0.15) is 0 Å². The van der Waals surface area contributed by atoms with Gasteiger partial charge in [0.2, 0.25) is 4.96 Å². The van der Waals surface area contributed by atoms with Gasteiger partial charge >= 0.3 is 0 Å². The van der Waals surface area contributed by atoms with E-state index in [4.69, 9.17) is 0 Å². The van der Waals surface area contributed by atoms with Gasteiger partial charge in [0.15, 0.2) is 0 Å². The molecule has 2 aromatic heterocycles. The van der Waals surface area contributed by atoms with Gasteiger partial charge in [0.25, 0.3) is 11.9 Å². The van der Waals surface area contributed by atoms with Crippen LogP contribution >= 0.6 is 11.3 Å². The molecule has 0 atom stereocenters. The average Bonchev–Trinajstić information content (AvgIpc) is 2.90. The number of amides is 1. The molecule has 0 bridgehead atoms. The number of aromatic nitrogens is 3. The van der Waals surface area contributed by atoms with Crippen LogP contribution in [-0.2, 0) is 0 Å². The number of aryl methyl sites for hydroxylation is 3. The first kappa shape index (κ1) is 12.8. The van der Waals surface area contributed by atoms with Gasteiger partial charge in [0, 0.05) is 10.4 Å². The minimum absolute atomic E-state index is 0.193. The van der Waals surface area contributed by atoms with E-state index in [9.17, 15) is 4.79 Å². The number of rotatable bonds is 2. The van der Waals surface area contributed by atoms with Crippen LogP contribution in [-0.4, -0.2) is 20.5 Å². The number of anilines is 1. The quantitative estimate of drug-likeness (QED) is 0.788. The van der Waals surface area contributed by atoms with E-state index in [1.165, 1.54) is 4.88 Å². The molecule has 1 amide bonds. The molecule has 20 heavy (non-hydrogen) atoms. The molecule has 6 heteroatoms. The SMILES string of the molecule is Cc1cccc(C(=O)Nc2nc3sc(C)c(C)n3n2)c1. The minimum Gasteiger partial charge on any atom is -0.289 e. The van der Waals surface area contributed by atoms with Crippen molar-refractivity contribution in [1.82, 2.24) is 14.6 Å². The van der Waals surface area contributed by atoms with E-state index in [2.05, 4.69) is 15.4 Å². The molecular formula is C14H14N4OS. The monoisotopic (exact) mass is 286 g/mol. The third-order valence-electron chi connectivity index (χ3n) is 3.15. The second-order valence-corrected chi connectivity index (χ2v) is 5.88. The molecule has 0 aliphatic heterocycles. The Balaban J connectivity index is 1.87. The van der Waals surface area contributed by atoms with Crippen molar-refractivity contribution < 1.29 is 4.79 Å². The lowest BCUT2D eigenvalue weighted by atomic mass is 10.1. The number of nitrogens with one attached hydrogen (secondary N) is 1. The number of benzene rings is 1. The van der Waals surface area contributed by atoms with Gasteiger partial charge in [-0.15, -0.1) is 5.10 Å². The highest BCUT2D eigenvalue weighted by molar-refractivity contribution is 7.17. The summed E-state index contributed by atoms with van der Waals surface area (Å²) < 4.78 is 1.76. The number of fused-ring (bicyclic) bond motifs is 1. The smallest absolute Gasteiger partial charge is 0.258 e. The second-order valence-electron chi connectivity index (χ2n) is 4.70.